The Morgan fingerprint density at radius 3 is 2.95 bits per heavy atom. The van der Waals surface area contributed by atoms with Gasteiger partial charge in [0.2, 0.25) is 0 Å². The van der Waals surface area contributed by atoms with Crippen LogP contribution in [0.25, 0.3) is 0 Å². The van der Waals surface area contributed by atoms with Gasteiger partial charge in [-0.25, -0.2) is 4.39 Å². The highest BCUT2D eigenvalue weighted by molar-refractivity contribution is 6.31. The topological polar surface area (TPSA) is 42.2 Å². The summed E-state index contributed by atoms with van der Waals surface area (Å²) in [4.78, 5) is 0. The van der Waals surface area contributed by atoms with Crippen LogP contribution in [0, 0.1) is 17.1 Å². The lowest BCUT2D eigenvalue weighted by Crippen LogP contribution is -2.22. The van der Waals surface area contributed by atoms with Gasteiger partial charge in [0.15, 0.2) is 0 Å². The first kappa shape index (κ1) is 13.7. The van der Waals surface area contributed by atoms with Gasteiger partial charge >= 0.3 is 0 Å². The van der Waals surface area contributed by atoms with Crippen LogP contribution in [0.3, 0.4) is 0 Å². The molecule has 0 N–H and O–H groups in total. The number of hydrogen-bond acceptors (Lipinski definition) is 3. The maximum Gasteiger partial charge on any atom is 0.137 e. The fraction of sp³-hybridized carbons (Fsp3) is 0.188. The van der Waals surface area contributed by atoms with Crippen LogP contribution in [0.1, 0.15) is 11.1 Å². The Labute approximate surface area is 126 Å². The molecule has 0 radical (unpaired) electrons. The molecule has 3 rings (SSSR count). The van der Waals surface area contributed by atoms with Crippen LogP contribution < -0.4 is 9.47 Å². The van der Waals surface area contributed by atoms with E-state index in [1.165, 1.54) is 12.1 Å². The van der Waals surface area contributed by atoms with E-state index in [0.29, 0.717) is 35.1 Å². The summed E-state index contributed by atoms with van der Waals surface area (Å²) in [5, 5.41) is 9.16. The molecule has 1 unspecified atom stereocenters. The van der Waals surface area contributed by atoms with E-state index in [4.69, 9.17) is 26.3 Å². The molecule has 0 aliphatic carbocycles. The maximum absolute atomic E-state index is 13.1. The third-order valence-electron chi connectivity index (χ3n) is 3.26. The predicted molar refractivity (Wildman–Crippen MR) is 76.2 cm³/mol. The molecule has 0 fully saturated rings. The summed E-state index contributed by atoms with van der Waals surface area (Å²) in [6.07, 6.45) is 0.452. The van der Waals surface area contributed by atoms with Crippen LogP contribution in [0.5, 0.6) is 11.5 Å². The average Bonchev–Trinajstić information content (AvgIpc) is 2.87. The minimum absolute atomic E-state index is 0.156. The van der Waals surface area contributed by atoms with E-state index in [1.54, 1.807) is 24.3 Å². The summed E-state index contributed by atoms with van der Waals surface area (Å²) in [5.41, 5.74) is 1.26. The highest BCUT2D eigenvalue weighted by Gasteiger charge is 2.23. The zero-order valence-corrected chi connectivity index (χ0v) is 11.7. The van der Waals surface area contributed by atoms with Crippen molar-refractivity contribution in [1.82, 2.24) is 0 Å². The fourth-order valence-electron chi connectivity index (χ4n) is 2.25. The number of ether oxygens (including phenoxy) is 2. The molecule has 2 aromatic carbocycles. The highest BCUT2D eigenvalue weighted by atomic mass is 35.5. The van der Waals surface area contributed by atoms with Gasteiger partial charge in [0.25, 0.3) is 0 Å². The third-order valence-corrected chi connectivity index (χ3v) is 3.57. The first-order valence-corrected chi connectivity index (χ1v) is 6.81. The minimum atomic E-state index is -0.266. The Bertz CT molecular complexity index is 727. The molecule has 1 aliphatic heterocycles. The standard InChI is InChI=1S/C16H11ClFNO2/c17-15-7-13(3-1-10(15)8-19)20-9-14-6-11-5-12(18)2-4-16(11)21-14/h1-5,7,14H,6,9H2. The second-order valence-electron chi connectivity index (χ2n) is 4.76. The number of halogens is 2. The summed E-state index contributed by atoms with van der Waals surface area (Å²) in [6.45, 7) is 0.332. The molecule has 0 saturated carbocycles. The number of nitrogens with zero attached hydrogens (tertiary/aromatic N) is 1. The highest BCUT2D eigenvalue weighted by Crippen LogP contribution is 2.30. The summed E-state index contributed by atoms with van der Waals surface area (Å²) in [7, 11) is 0. The van der Waals surface area contributed by atoms with Crippen molar-refractivity contribution in [3.63, 3.8) is 0 Å². The van der Waals surface area contributed by atoms with E-state index in [9.17, 15) is 4.39 Å². The van der Waals surface area contributed by atoms with Gasteiger partial charge in [0.1, 0.15) is 36.1 Å². The quantitative estimate of drug-likeness (QED) is 0.867. The SMILES string of the molecule is N#Cc1ccc(OCC2Cc3cc(F)ccc3O2)cc1Cl. The van der Waals surface area contributed by atoms with Crippen LogP contribution in [0.15, 0.2) is 36.4 Å². The van der Waals surface area contributed by atoms with E-state index in [1.807, 2.05) is 6.07 Å². The van der Waals surface area contributed by atoms with Crippen molar-refractivity contribution in [1.29, 1.82) is 5.26 Å². The maximum atomic E-state index is 13.1. The molecule has 1 heterocycles. The Hall–Kier alpha value is -2.25. The van der Waals surface area contributed by atoms with Gasteiger partial charge in [-0.05, 0) is 30.3 Å². The third kappa shape index (κ3) is 2.93. The normalized spacial score (nSPS) is 16.0. The average molecular weight is 304 g/mol. The van der Waals surface area contributed by atoms with Gasteiger partial charge in [0.05, 0.1) is 10.6 Å². The van der Waals surface area contributed by atoms with Crippen molar-refractivity contribution in [3.8, 4) is 17.6 Å². The molecule has 21 heavy (non-hydrogen) atoms. The zero-order chi connectivity index (χ0) is 14.8. The van der Waals surface area contributed by atoms with Crippen molar-refractivity contribution in [2.75, 3.05) is 6.61 Å². The molecular weight excluding hydrogens is 293 g/mol. The van der Waals surface area contributed by atoms with Crippen molar-refractivity contribution in [2.45, 2.75) is 12.5 Å². The molecule has 3 nitrogen and oxygen atoms in total. The first-order chi connectivity index (χ1) is 10.2. The summed E-state index contributed by atoms with van der Waals surface area (Å²) >= 11 is 5.94. The van der Waals surface area contributed by atoms with Crippen molar-refractivity contribution < 1.29 is 13.9 Å². The summed E-state index contributed by atoms with van der Waals surface area (Å²) in [5.74, 6) is 1.00. The van der Waals surface area contributed by atoms with E-state index < -0.39 is 0 Å². The number of rotatable bonds is 3. The van der Waals surface area contributed by atoms with E-state index in [-0.39, 0.29) is 11.9 Å². The first-order valence-electron chi connectivity index (χ1n) is 6.43. The minimum Gasteiger partial charge on any atom is -0.490 e. The smallest absolute Gasteiger partial charge is 0.137 e. The molecule has 0 saturated heterocycles. The second-order valence-corrected chi connectivity index (χ2v) is 5.17. The largest absolute Gasteiger partial charge is 0.490 e. The summed E-state index contributed by atoms with van der Waals surface area (Å²) in [6, 6.07) is 11.4. The van der Waals surface area contributed by atoms with Gasteiger partial charge in [-0.1, -0.05) is 11.6 Å². The lowest BCUT2D eigenvalue weighted by molar-refractivity contribution is 0.148. The molecule has 0 aromatic heterocycles. The van der Waals surface area contributed by atoms with Crippen molar-refractivity contribution in [2.24, 2.45) is 0 Å². The zero-order valence-electron chi connectivity index (χ0n) is 11.0. The molecule has 106 valence electrons. The van der Waals surface area contributed by atoms with Crippen molar-refractivity contribution >= 4 is 11.6 Å². The van der Waals surface area contributed by atoms with E-state index in [0.717, 1.165) is 5.56 Å². The lowest BCUT2D eigenvalue weighted by Gasteiger charge is -2.12. The van der Waals surface area contributed by atoms with Crippen LogP contribution >= 0.6 is 11.6 Å². The molecule has 1 atom stereocenters. The molecule has 0 amide bonds. The van der Waals surface area contributed by atoms with Crippen LogP contribution in [-0.4, -0.2) is 12.7 Å². The lowest BCUT2D eigenvalue weighted by atomic mass is 10.1. The van der Waals surface area contributed by atoms with Gasteiger partial charge in [0, 0.05) is 18.1 Å². The monoisotopic (exact) mass is 303 g/mol. The Morgan fingerprint density at radius 2 is 2.19 bits per heavy atom. The molecule has 0 bridgehead atoms. The summed E-state index contributed by atoms with van der Waals surface area (Å²) < 4.78 is 24.4. The van der Waals surface area contributed by atoms with Gasteiger partial charge in [-0.2, -0.15) is 5.26 Å². The van der Waals surface area contributed by atoms with Gasteiger partial charge < -0.3 is 9.47 Å². The van der Waals surface area contributed by atoms with E-state index >= 15 is 0 Å². The molecule has 2 aromatic rings. The van der Waals surface area contributed by atoms with Crippen LogP contribution in [-0.2, 0) is 6.42 Å². The van der Waals surface area contributed by atoms with Crippen LogP contribution in [0.2, 0.25) is 5.02 Å². The van der Waals surface area contributed by atoms with Crippen molar-refractivity contribution in [3.05, 3.63) is 58.4 Å². The van der Waals surface area contributed by atoms with Crippen LogP contribution in [0.4, 0.5) is 4.39 Å². The Kier molecular flexibility index (Phi) is 3.68. The second kappa shape index (κ2) is 5.63. The molecule has 0 spiro atoms. The molecule has 5 heteroatoms. The predicted octanol–water partition coefficient (Wildman–Crippen LogP) is 3.73. The fourth-order valence-corrected chi connectivity index (χ4v) is 2.46. The Balaban J connectivity index is 1.62. The number of benzene rings is 2. The number of hydrogen-bond donors (Lipinski definition) is 0. The number of nitriles is 1. The van der Waals surface area contributed by atoms with E-state index in [2.05, 4.69) is 0 Å². The van der Waals surface area contributed by atoms with Gasteiger partial charge in [-0.15, -0.1) is 0 Å². The molecule has 1 aliphatic rings. The molecular formula is C16H11ClFNO2. The van der Waals surface area contributed by atoms with Gasteiger partial charge in [-0.3, -0.25) is 0 Å². The number of fused-ring (bicyclic) bond motifs is 1. The Morgan fingerprint density at radius 1 is 1.33 bits per heavy atom.